The number of nitrogens with one attached hydrogen (secondary N) is 1. The number of thiazole rings is 1. The van der Waals surface area contributed by atoms with Gasteiger partial charge >= 0.3 is 0 Å². The lowest BCUT2D eigenvalue weighted by Crippen LogP contribution is -2.25. The lowest BCUT2D eigenvalue weighted by atomic mass is 10.1. The van der Waals surface area contributed by atoms with Crippen LogP contribution in [0.5, 0.6) is 0 Å². The minimum Gasteiger partial charge on any atom is -0.356 e. The quantitative estimate of drug-likeness (QED) is 0.557. The van der Waals surface area contributed by atoms with Crippen LogP contribution in [0.2, 0.25) is 0 Å². The molecule has 1 N–H and O–H groups in total. The smallest absolute Gasteiger partial charge is 0.220 e. The van der Waals surface area contributed by atoms with E-state index in [-0.39, 0.29) is 11.7 Å². The van der Waals surface area contributed by atoms with Crippen molar-refractivity contribution >= 4 is 17.2 Å². The van der Waals surface area contributed by atoms with Crippen LogP contribution in [0.1, 0.15) is 30.5 Å². The molecule has 0 fully saturated rings. The van der Waals surface area contributed by atoms with E-state index >= 15 is 0 Å². The molecule has 1 amide bonds. The third-order valence-electron chi connectivity index (χ3n) is 4.17. The summed E-state index contributed by atoms with van der Waals surface area (Å²) >= 11 is 1.57. The van der Waals surface area contributed by atoms with E-state index in [0.29, 0.717) is 19.4 Å². The van der Waals surface area contributed by atoms with Crippen LogP contribution in [-0.2, 0) is 17.6 Å². The molecule has 0 saturated heterocycles. The summed E-state index contributed by atoms with van der Waals surface area (Å²) in [6.45, 7) is 0.586. The van der Waals surface area contributed by atoms with Gasteiger partial charge in [-0.25, -0.2) is 9.37 Å². The Morgan fingerprint density at radius 2 is 1.93 bits per heavy atom. The zero-order valence-corrected chi connectivity index (χ0v) is 15.8. The Labute approximate surface area is 162 Å². The second-order valence-corrected chi connectivity index (χ2v) is 7.15. The van der Waals surface area contributed by atoms with Gasteiger partial charge in [0.1, 0.15) is 10.8 Å². The maximum atomic E-state index is 12.8. The van der Waals surface area contributed by atoms with Crippen molar-refractivity contribution in [2.24, 2.45) is 0 Å². The summed E-state index contributed by atoms with van der Waals surface area (Å²) in [7, 11) is 0. The molecule has 2 aromatic heterocycles. The maximum absolute atomic E-state index is 12.8. The van der Waals surface area contributed by atoms with Gasteiger partial charge in [0, 0.05) is 31.0 Å². The third-order valence-corrected chi connectivity index (χ3v) is 5.09. The van der Waals surface area contributed by atoms with Crippen molar-refractivity contribution in [3.05, 3.63) is 71.1 Å². The number of aryl methyl sites for hydroxylation is 1. The molecule has 0 atom stereocenters. The number of unbranched alkanes of at least 4 members (excludes halogenated alkanes) is 1. The molecule has 0 radical (unpaired) electrons. The fraction of sp³-hybridized carbons (Fsp3) is 0.286. The highest BCUT2D eigenvalue weighted by molar-refractivity contribution is 7.13. The van der Waals surface area contributed by atoms with Gasteiger partial charge in [0.15, 0.2) is 0 Å². The van der Waals surface area contributed by atoms with Gasteiger partial charge in [0.25, 0.3) is 0 Å². The highest BCUT2D eigenvalue weighted by Gasteiger charge is 2.06. The van der Waals surface area contributed by atoms with Gasteiger partial charge < -0.3 is 5.32 Å². The van der Waals surface area contributed by atoms with Crippen molar-refractivity contribution in [1.29, 1.82) is 0 Å². The lowest BCUT2D eigenvalue weighted by molar-refractivity contribution is -0.121. The molecule has 0 bridgehead atoms. The van der Waals surface area contributed by atoms with Gasteiger partial charge in [-0.3, -0.25) is 9.78 Å². The van der Waals surface area contributed by atoms with E-state index in [4.69, 9.17) is 0 Å². The standard InChI is InChI=1S/C21H22FN3OS/c22-17-10-8-16(9-11-17)5-1-2-7-20(26)24-14-12-18-15-27-21(25-18)19-6-3-4-13-23-19/h3-4,6,8-11,13,15H,1-2,5,7,12,14H2,(H,24,26). The van der Waals surface area contributed by atoms with E-state index < -0.39 is 0 Å². The first-order valence-electron chi connectivity index (χ1n) is 9.07. The summed E-state index contributed by atoms with van der Waals surface area (Å²) in [6, 6.07) is 12.3. The zero-order chi connectivity index (χ0) is 18.9. The first-order valence-corrected chi connectivity index (χ1v) is 9.95. The average Bonchev–Trinajstić information content (AvgIpc) is 3.16. The minimum absolute atomic E-state index is 0.0642. The van der Waals surface area contributed by atoms with Gasteiger partial charge in [0.2, 0.25) is 5.91 Å². The van der Waals surface area contributed by atoms with E-state index in [1.165, 1.54) is 12.1 Å². The monoisotopic (exact) mass is 383 g/mol. The van der Waals surface area contributed by atoms with Crippen molar-refractivity contribution in [1.82, 2.24) is 15.3 Å². The van der Waals surface area contributed by atoms with Gasteiger partial charge in [-0.15, -0.1) is 11.3 Å². The Hall–Kier alpha value is -2.60. The van der Waals surface area contributed by atoms with Crippen molar-refractivity contribution in [2.45, 2.75) is 32.1 Å². The van der Waals surface area contributed by atoms with Crippen LogP contribution in [0, 0.1) is 5.82 Å². The molecule has 6 heteroatoms. The number of hydrogen-bond donors (Lipinski definition) is 1. The molecule has 0 unspecified atom stereocenters. The number of pyridine rings is 1. The van der Waals surface area contributed by atoms with E-state index in [1.54, 1.807) is 29.7 Å². The number of nitrogens with zero attached hydrogens (tertiary/aromatic N) is 2. The van der Waals surface area contributed by atoms with Crippen molar-refractivity contribution in [3.63, 3.8) is 0 Å². The van der Waals surface area contributed by atoms with Crippen LogP contribution in [0.15, 0.2) is 54.0 Å². The Morgan fingerprint density at radius 1 is 1.07 bits per heavy atom. The molecular formula is C21H22FN3OS. The molecule has 27 heavy (non-hydrogen) atoms. The molecule has 3 rings (SSSR count). The highest BCUT2D eigenvalue weighted by Crippen LogP contribution is 2.21. The van der Waals surface area contributed by atoms with E-state index in [0.717, 1.165) is 41.2 Å². The molecule has 1 aromatic carbocycles. The third kappa shape index (κ3) is 6.25. The summed E-state index contributed by atoms with van der Waals surface area (Å²) in [5, 5.41) is 5.86. The fourth-order valence-electron chi connectivity index (χ4n) is 2.71. The number of hydrogen-bond acceptors (Lipinski definition) is 4. The number of carbonyl (C=O) groups excluding carboxylic acids is 1. The van der Waals surface area contributed by atoms with Crippen LogP contribution in [0.4, 0.5) is 4.39 Å². The van der Waals surface area contributed by atoms with E-state index in [1.807, 2.05) is 23.6 Å². The normalized spacial score (nSPS) is 10.7. The fourth-order valence-corrected chi connectivity index (χ4v) is 3.54. The first-order chi connectivity index (χ1) is 13.2. The predicted molar refractivity (Wildman–Crippen MR) is 106 cm³/mol. The molecule has 0 aliphatic heterocycles. The minimum atomic E-state index is -0.217. The topological polar surface area (TPSA) is 54.9 Å². The second-order valence-electron chi connectivity index (χ2n) is 6.29. The van der Waals surface area contributed by atoms with Gasteiger partial charge in [-0.05, 0) is 49.1 Å². The molecule has 0 aliphatic rings. The van der Waals surface area contributed by atoms with Crippen molar-refractivity contribution < 1.29 is 9.18 Å². The molecule has 0 aliphatic carbocycles. The number of aromatic nitrogens is 2. The summed E-state index contributed by atoms with van der Waals surface area (Å²) in [4.78, 5) is 20.8. The number of rotatable bonds is 9. The highest BCUT2D eigenvalue weighted by atomic mass is 32.1. The Bertz CT molecular complexity index is 849. The van der Waals surface area contributed by atoms with Crippen molar-refractivity contribution in [3.8, 4) is 10.7 Å². The summed E-state index contributed by atoms with van der Waals surface area (Å²) in [5.41, 5.74) is 2.94. The largest absolute Gasteiger partial charge is 0.356 e. The number of halogens is 1. The molecule has 0 spiro atoms. The van der Waals surface area contributed by atoms with Crippen LogP contribution in [-0.4, -0.2) is 22.4 Å². The number of amides is 1. The van der Waals surface area contributed by atoms with E-state index in [9.17, 15) is 9.18 Å². The first kappa shape index (κ1) is 19.2. The molecule has 3 aromatic rings. The maximum Gasteiger partial charge on any atom is 0.220 e. The Balaban J connectivity index is 1.31. The SMILES string of the molecule is O=C(CCCCc1ccc(F)cc1)NCCc1csc(-c2ccccn2)n1. The number of benzene rings is 1. The summed E-state index contributed by atoms with van der Waals surface area (Å²) in [6.07, 6.45) is 5.58. The van der Waals surface area contributed by atoms with Crippen LogP contribution in [0.25, 0.3) is 10.7 Å². The second kappa shape index (κ2) is 9.92. The van der Waals surface area contributed by atoms with Crippen molar-refractivity contribution in [2.75, 3.05) is 6.54 Å². The average molecular weight is 383 g/mol. The van der Waals surface area contributed by atoms with Gasteiger partial charge in [-0.1, -0.05) is 18.2 Å². The van der Waals surface area contributed by atoms with Crippen LogP contribution < -0.4 is 5.32 Å². The number of carbonyl (C=O) groups is 1. The lowest BCUT2D eigenvalue weighted by Gasteiger charge is -2.04. The summed E-state index contributed by atoms with van der Waals surface area (Å²) < 4.78 is 12.8. The van der Waals surface area contributed by atoms with E-state index in [2.05, 4.69) is 15.3 Å². The zero-order valence-electron chi connectivity index (χ0n) is 15.0. The molecule has 2 heterocycles. The molecule has 0 saturated carbocycles. The molecule has 140 valence electrons. The van der Waals surface area contributed by atoms with Gasteiger partial charge in [0.05, 0.1) is 11.4 Å². The Morgan fingerprint density at radius 3 is 2.70 bits per heavy atom. The summed E-state index contributed by atoms with van der Waals surface area (Å²) in [5.74, 6) is -0.153. The van der Waals surface area contributed by atoms with Gasteiger partial charge in [-0.2, -0.15) is 0 Å². The predicted octanol–water partition coefficient (Wildman–Crippen LogP) is 4.42. The molecular weight excluding hydrogens is 361 g/mol. The van der Waals surface area contributed by atoms with Crippen LogP contribution >= 0.6 is 11.3 Å². The molecule has 4 nitrogen and oxygen atoms in total. The Kier molecular flexibility index (Phi) is 7.04. The van der Waals surface area contributed by atoms with Crippen LogP contribution in [0.3, 0.4) is 0 Å².